The van der Waals surface area contributed by atoms with E-state index in [0.717, 1.165) is 6.42 Å². The van der Waals surface area contributed by atoms with Gasteiger partial charge in [0, 0.05) is 36.6 Å². The molecule has 0 saturated heterocycles. The van der Waals surface area contributed by atoms with Crippen molar-refractivity contribution in [3.05, 3.63) is 52.5 Å². The zero-order valence-electron chi connectivity index (χ0n) is 19.0. The summed E-state index contributed by atoms with van der Waals surface area (Å²) >= 11 is 6.34. The van der Waals surface area contributed by atoms with E-state index in [4.69, 9.17) is 25.8 Å². The van der Waals surface area contributed by atoms with Gasteiger partial charge < -0.3 is 24.8 Å². The predicted octanol–water partition coefficient (Wildman–Crippen LogP) is 4.79. The lowest BCUT2D eigenvalue weighted by Crippen LogP contribution is -2.25. The second-order valence-corrected chi connectivity index (χ2v) is 7.94. The van der Waals surface area contributed by atoms with Crippen molar-refractivity contribution >= 4 is 29.1 Å². The van der Waals surface area contributed by atoms with Crippen LogP contribution in [0.3, 0.4) is 0 Å². The van der Waals surface area contributed by atoms with E-state index >= 15 is 0 Å². The maximum Gasteiger partial charge on any atom is 0.255 e. The molecule has 2 aromatic carbocycles. The topological polar surface area (TPSA) is 85.9 Å². The molecule has 7 nitrogen and oxygen atoms in total. The number of ether oxygens (including phenoxy) is 3. The van der Waals surface area contributed by atoms with Crippen LogP contribution in [0.25, 0.3) is 0 Å². The summed E-state index contributed by atoms with van der Waals surface area (Å²) in [6.45, 7) is 8.22. The van der Waals surface area contributed by atoms with E-state index in [1.54, 1.807) is 30.3 Å². The van der Waals surface area contributed by atoms with Gasteiger partial charge in [-0.15, -0.1) is 0 Å². The van der Waals surface area contributed by atoms with Crippen LogP contribution in [0.15, 0.2) is 36.4 Å². The number of benzene rings is 2. The minimum absolute atomic E-state index is 0.214. The van der Waals surface area contributed by atoms with Crippen LogP contribution in [0.2, 0.25) is 5.02 Å². The van der Waals surface area contributed by atoms with E-state index in [1.165, 1.54) is 13.2 Å². The van der Waals surface area contributed by atoms with Crippen LogP contribution in [0.4, 0.5) is 5.69 Å². The van der Waals surface area contributed by atoms with Crippen molar-refractivity contribution in [2.24, 2.45) is 5.92 Å². The highest BCUT2D eigenvalue weighted by molar-refractivity contribution is 6.32. The summed E-state index contributed by atoms with van der Waals surface area (Å²) in [5.41, 5.74) is 1.26. The largest absolute Gasteiger partial charge is 0.493 e. The summed E-state index contributed by atoms with van der Waals surface area (Å²) in [4.78, 5) is 25.1. The maximum absolute atomic E-state index is 12.8. The Morgan fingerprint density at radius 2 is 1.88 bits per heavy atom. The molecule has 0 bridgehead atoms. The fraction of sp³-hybridized carbons (Fsp3) is 0.417. The molecule has 0 aliphatic rings. The van der Waals surface area contributed by atoms with Crippen LogP contribution in [0.5, 0.6) is 11.5 Å². The van der Waals surface area contributed by atoms with Gasteiger partial charge in [-0.1, -0.05) is 31.5 Å². The Balaban J connectivity index is 2.06. The summed E-state index contributed by atoms with van der Waals surface area (Å²) in [6.07, 6.45) is 0.732. The molecule has 0 aliphatic heterocycles. The van der Waals surface area contributed by atoms with E-state index in [-0.39, 0.29) is 16.8 Å². The minimum Gasteiger partial charge on any atom is -0.493 e. The molecule has 0 aliphatic carbocycles. The first-order valence-electron chi connectivity index (χ1n) is 10.6. The van der Waals surface area contributed by atoms with Crippen LogP contribution in [0, 0.1) is 5.92 Å². The maximum atomic E-state index is 12.8. The standard InChI is InChI=1S/C24H31ClN2O5/c1-5-31-11-7-10-26-23(28)17-8-6-9-19(12-17)27-24(29)18-13-20(25)22(21(14-18)30-4)32-15-16(2)3/h6,8-9,12-14,16H,5,7,10-11,15H2,1-4H3,(H,26,28)(H,27,29). The lowest BCUT2D eigenvalue weighted by atomic mass is 10.1. The van der Waals surface area contributed by atoms with E-state index in [2.05, 4.69) is 10.6 Å². The van der Waals surface area contributed by atoms with Crippen molar-refractivity contribution in [3.63, 3.8) is 0 Å². The molecule has 2 amide bonds. The zero-order valence-corrected chi connectivity index (χ0v) is 19.8. The van der Waals surface area contributed by atoms with E-state index in [1.807, 2.05) is 20.8 Å². The van der Waals surface area contributed by atoms with Crippen LogP contribution in [-0.4, -0.2) is 45.3 Å². The first-order valence-corrected chi connectivity index (χ1v) is 11.0. The molecule has 8 heteroatoms. The molecule has 32 heavy (non-hydrogen) atoms. The second-order valence-electron chi connectivity index (χ2n) is 7.54. The van der Waals surface area contributed by atoms with Crippen molar-refractivity contribution in [2.45, 2.75) is 27.2 Å². The number of carbonyl (C=O) groups is 2. The van der Waals surface area contributed by atoms with E-state index in [0.29, 0.717) is 60.6 Å². The highest BCUT2D eigenvalue weighted by Crippen LogP contribution is 2.37. The molecule has 0 atom stereocenters. The zero-order chi connectivity index (χ0) is 23.5. The highest BCUT2D eigenvalue weighted by Gasteiger charge is 2.17. The monoisotopic (exact) mass is 462 g/mol. The third kappa shape index (κ3) is 7.73. The van der Waals surface area contributed by atoms with E-state index < -0.39 is 0 Å². The molecule has 0 unspecified atom stereocenters. The Labute approximate surface area is 194 Å². The summed E-state index contributed by atoms with van der Waals surface area (Å²) in [5.74, 6) is 0.502. The lowest BCUT2D eigenvalue weighted by Gasteiger charge is -2.15. The Hall–Kier alpha value is -2.77. The van der Waals surface area contributed by atoms with Crippen molar-refractivity contribution in [2.75, 3.05) is 38.8 Å². The quantitative estimate of drug-likeness (QED) is 0.443. The second kappa shape index (κ2) is 12.9. The van der Waals surface area contributed by atoms with Crippen molar-refractivity contribution in [1.82, 2.24) is 5.32 Å². The molecule has 174 valence electrons. The smallest absolute Gasteiger partial charge is 0.255 e. The normalized spacial score (nSPS) is 10.7. The van der Waals surface area contributed by atoms with Gasteiger partial charge in [0.2, 0.25) is 0 Å². The van der Waals surface area contributed by atoms with Crippen LogP contribution in [0.1, 0.15) is 47.9 Å². The van der Waals surface area contributed by atoms with Crippen LogP contribution >= 0.6 is 11.6 Å². The average Bonchev–Trinajstić information content (AvgIpc) is 2.77. The Morgan fingerprint density at radius 3 is 2.56 bits per heavy atom. The van der Waals surface area contributed by atoms with Gasteiger partial charge in [0.1, 0.15) is 0 Å². The number of hydrogen-bond acceptors (Lipinski definition) is 5. The highest BCUT2D eigenvalue weighted by atomic mass is 35.5. The molecule has 2 rings (SSSR count). The molecule has 0 radical (unpaired) electrons. The summed E-state index contributed by atoms with van der Waals surface area (Å²) in [7, 11) is 1.49. The molecule has 0 fully saturated rings. The van der Waals surface area contributed by atoms with Gasteiger partial charge in [0.05, 0.1) is 18.7 Å². The molecule has 0 spiro atoms. The molecule has 0 aromatic heterocycles. The molecule has 2 N–H and O–H groups in total. The number of hydrogen-bond donors (Lipinski definition) is 2. The van der Waals surface area contributed by atoms with Gasteiger partial charge in [-0.2, -0.15) is 0 Å². The van der Waals surface area contributed by atoms with Crippen LogP contribution in [-0.2, 0) is 4.74 Å². The Morgan fingerprint density at radius 1 is 1.09 bits per heavy atom. The summed E-state index contributed by atoms with van der Waals surface area (Å²) < 4.78 is 16.3. The predicted molar refractivity (Wildman–Crippen MR) is 126 cm³/mol. The minimum atomic E-state index is -0.380. The lowest BCUT2D eigenvalue weighted by molar-refractivity contribution is 0.0943. The molecular formula is C24H31ClN2O5. The SMILES string of the molecule is CCOCCCNC(=O)c1cccc(NC(=O)c2cc(Cl)c(OCC(C)C)c(OC)c2)c1. The Bertz CT molecular complexity index is 917. The third-order valence-corrected chi connectivity index (χ3v) is 4.67. The molecule has 2 aromatic rings. The third-order valence-electron chi connectivity index (χ3n) is 4.39. The molecular weight excluding hydrogens is 432 g/mol. The van der Waals surface area contributed by atoms with Crippen molar-refractivity contribution < 1.29 is 23.8 Å². The number of methoxy groups -OCH3 is 1. The molecule has 0 heterocycles. The molecule has 0 saturated carbocycles. The van der Waals surface area contributed by atoms with Gasteiger partial charge in [-0.25, -0.2) is 0 Å². The summed E-state index contributed by atoms with van der Waals surface area (Å²) in [5, 5.41) is 5.92. The number of carbonyl (C=O) groups excluding carboxylic acids is 2. The van der Waals surface area contributed by atoms with Gasteiger partial charge in [0.25, 0.3) is 11.8 Å². The fourth-order valence-corrected chi connectivity index (χ4v) is 3.07. The van der Waals surface area contributed by atoms with Crippen molar-refractivity contribution in [3.8, 4) is 11.5 Å². The summed E-state index contributed by atoms with van der Waals surface area (Å²) in [6, 6.07) is 9.84. The van der Waals surface area contributed by atoms with E-state index in [9.17, 15) is 9.59 Å². The van der Waals surface area contributed by atoms with Crippen molar-refractivity contribution in [1.29, 1.82) is 0 Å². The van der Waals surface area contributed by atoms with Gasteiger partial charge in [0.15, 0.2) is 11.5 Å². The van der Waals surface area contributed by atoms with Crippen LogP contribution < -0.4 is 20.1 Å². The number of halogens is 1. The number of anilines is 1. The van der Waals surface area contributed by atoms with Gasteiger partial charge in [-0.3, -0.25) is 9.59 Å². The first kappa shape index (κ1) is 25.5. The fourth-order valence-electron chi connectivity index (χ4n) is 2.81. The number of rotatable bonds is 12. The van der Waals surface area contributed by atoms with Gasteiger partial charge >= 0.3 is 0 Å². The Kier molecular flexibility index (Phi) is 10.3. The first-order chi connectivity index (χ1) is 15.3. The number of nitrogens with one attached hydrogen (secondary N) is 2. The number of amides is 2. The average molecular weight is 463 g/mol. The van der Waals surface area contributed by atoms with Gasteiger partial charge in [-0.05, 0) is 49.6 Å².